The molecule has 0 aliphatic carbocycles. The van der Waals surface area contributed by atoms with Gasteiger partial charge in [0.1, 0.15) is 0 Å². The van der Waals surface area contributed by atoms with Crippen LogP contribution < -0.4 is 10.6 Å². The first-order chi connectivity index (χ1) is 9.19. The number of hydrogen-bond acceptors (Lipinski definition) is 2. The highest BCUT2D eigenvalue weighted by molar-refractivity contribution is 7.80. The van der Waals surface area contributed by atoms with E-state index >= 15 is 0 Å². The highest BCUT2D eigenvalue weighted by Gasteiger charge is 2.22. The number of rotatable bonds is 4. The summed E-state index contributed by atoms with van der Waals surface area (Å²) in [6, 6.07) is 8.15. The molecule has 1 aliphatic rings. The van der Waals surface area contributed by atoms with Gasteiger partial charge in [-0.05, 0) is 62.4 Å². The van der Waals surface area contributed by atoms with E-state index in [4.69, 9.17) is 23.8 Å². The lowest BCUT2D eigenvalue weighted by Crippen LogP contribution is -2.41. The standard InChI is InChI=1S/C14H20ClN3S/c1-2-18-9-3-4-13(18)10-16-14(19)17-12-7-5-11(15)6-8-12/h5-8,13H,2-4,9-10H2,1H3,(H2,16,17,19)/t13-/m0/s1. The predicted octanol–water partition coefficient (Wildman–Crippen LogP) is 3.11. The smallest absolute Gasteiger partial charge is 0.170 e. The topological polar surface area (TPSA) is 27.3 Å². The molecule has 0 aromatic heterocycles. The van der Waals surface area contributed by atoms with Crippen LogP contribution in [-0.4, -0.2) is 35.7 Å². The fourth-order valence-electron chi connectivity index (χ4n) is 2.46. The van der Waals surface area contributed by atoms with Crippen LogP contribution in [0.1, 0.15) is 19.8 Å². The fourth-order valence-corrected chi connectivity index (χ4v) is 2.79. The summed E-state index contributed by atoms with van der Waals surface area (Å²) in [5.41, 5.74) is 0.959. The molecule has 1 atom stereocenters. The van der Waals surface area contributed by atoms with Crippen molar-refractivity contribution in [2.75, 3.05) is 25.0 Å². The molecule has 104 valence electrons. The minimum absolute atomic E-state index is 0.606. The molecule has 19 heavy (non-hydrogen) atoms. The summed E-state index contributed by atoms with van der Waals surface area (Å²) in [4.78, 5) is 2.50. The van der Waals surface area contributed by atoms with Gasteiger partial charge < -0.3 is 10.6 Å². The summed E-state index contributed by atoms with van der Waals surface area (Å²) in [7, 11) is 0. The summed E-state index contributed by atoms with van der Waals surface area (Å²) in [5.74, 6) is 0. The SMILES string of the molecule is CCN1CCC[C@H]1CNC(=S)Nc1ccc(Cl)cc1. The highest BCUT2D eigenvalue weighted by atomic mass is 35.5. The quantitative estimate of drug-likeness (QED) is 0.835. The average Bonchev–Trinajstić information content (AvgIpc) is 2.86. The summed E-state index contributed by atoms with van der Waals surface area (Å²) in [6.07, 6.45) is 2.54. The normalized spacial score (nSPS) is 19.4. The highest BCUT2D eigenvalue weighted by Crippen LogP contribution is 2.16. The van der Waals surface area contributed by atoms with Gasteiger partial charge in [-0.1, -0.05) is 18.5 Å². The van der Waals surface area contributed by atoms with Crippen LogP contribution in [0.15, 0.2) is 24.3 Å². The zero-order chi connectivity index (χ0) is 13.7. The molecule has 1 aliphatic heterocycles. The molecule has 1 aromatic rings. The number of hydrogen-bond donors (Lipinski definition) is 2. The number of anilines is 1. The van der Waals surface area contributed by atoms with E-state index in [1.54, 1.807) is 0 Å². The molecule has 5 heteroatoms. The zero-order valence-electron chi connectivity index (χ0n) is 11.2. The Kier molecular flexibility index (Phi) is 5.43. The van der Waals surface area contributed by atoms with Crippen molar-refractivity contribution in [2.45, 2.75) is 25.8 Å². The van der Waals surface area contributed by atoms with Gasteiger partial charge in [-0.3, -0.25) is 4.90 Å². The molecule has 1 saturated heterocycles. The predicted molar refractivity (Wildman–Crippen MR) is 85.9 cm³/mol. The second-order valence-electron chi connectivity index (χ2n) is 4.77. The van der Waals surface area contributed by atoms with Crippen LogP contribution in [0.5, 0.6) is 0 Å². The Balaban J connectivity index is 1.77. The number of nitrogens with one attached hydrogen (secondary N) is 2. The Morgan fingerprint density at radius 1 is 1.42 bits per heavy atom. The van der Waals surface area contributed by atoms with E-state index in [0.717, 1.165) is 23.8 Å². The molecule has 0 bridgehead atoms. The van der Waals surface area contributed by atoms with Gasteiger partial charge in [0.15, 0.2) is 5.11 Å². The summed E-state index contributed by atoms with van der Waals surface area (Å²) >= 11 is 11.2. The molecule has 1 heterocycles. The molecule has 1 aromatic carbocycles. The maximum Gasteiger partial charge on any atom is 0.170 e. The van der Waals surface area contributed by atoms with Gasteiger partial charge in [0, 0.05) is 23.3 Å². The molecular weight excluding hydrogens is 278 g/mol. The Labute approximate surface area is 125 Å². The summed E-state index contributed by atoms with van der Waals surface area (Å²) in [6.45, 7) is 5.44. The maximum atomic E-state index is 5.85. The molecule has 2 N–H and O–H groups in total. The zero-order valence-corrected chi connectivity index (χ0v) is 12.7. The molecule has 0 unspecified atom stereocenters. The van der Waals surface area contributed by atoms with Crippen LogP contribution in [-0.2, 0) is 0 Å². The van der Waals surface area contributed by atoms with Crippen LogP contribution >= 0.6 is 23.8 Å². The van der Waals surface area contributed by atoms with E-state index in [9.17, 15) is 0 Å². The second-order valence-corrected chi connectivity index (χ2v) is 5.61. The molecule has 2 rings (SSSR count). The first-order valence-corrected chi connectivity index (χ1v) is 7.52. The van der Waals surface area contributed by atoms with E-state index < -0.39 is 0 Å². The lowest BCUT2D eigenvalue weighted by atomic mass is 10.2. The lowest BCUT2D eigenvalue weighted by Gasteiger charge is -2.23. The van der Waals surface area contributed by atoms with Gasteiger partial charge in [-0.2, -0.15) is 0 Å². The molecule has 3 nitrogen and oxygen atoms in total. The first-order valence-electron chi connectivity index (χ1n) is 6.73. The van der Waals surface area contributed by atoms with Crippen molar-refractivity contribution in [3.63, 3.8) is 0 Å². The summed E-state index contributed by atoms with van der Waals surface area (Å²) in [5, 5.41) is 7.87. The van der Waals surface area contributed by atoms with Crippen LogP contribution in [0.25, 0.3) is 0 Å². The van der Waals surface area contributed by atoms with Crippen molar-refractivity contribution < 1.29 is 0 Å². The Morgan fingerprint density at radius 2 is 2.16 bits per heavy atom. The van der Waals surface area contributed by atoms with Gasteiger partial charge >= 0.3 is 0 Å². The number of nitrogens with zero attached hydrogens (tertiary/aromatic N) is 1. The first kappa shape index (κ1) is 14.6. The van der Waals surface area contributed by atoms with Crippen LogP contribution in [0.4, 0.5) is 5.69 Å². The minimum atomic E-state index is 0.606. The lowest BCUT2D eigenvalue weighted by molar-refractivity contribution is 0.267. The maximum absolute atomic E-state index is 5.85. The summed E-state index contributed by atoms with van der Waals surface area (Å²) < 4.78 is 0. The van der Waals surface area contributed by atoms with Crippen LogP contribution in [0.3, 0.4) is 0 Å². The van der Waals surface area contributed by atoms with Gasteiger partial charge in [0.25, 0.3) is 0 Å². The largest absolute Gasteiger partial charge is 0.361 e. The number of benzene rings is 1. The monoisotopic (exact) mass is 297 g/mol. The molecular formula is C14H20ClN3S. The fraction of sp³-hybridized carbons (Fsp3) is 0.500. The second kappa shape index (κ2) is 7.08. The number of likely N-dealkylation sites (tertiary alicyclic amines) is 1. The van der Waals surface area contributed by atoms with Gasteiger partial charge in [-0.15, -0.1) is 0 Å². The van der Waals surface area contributed by atoms with Crippen molar-refractivity contribution in [1.29, 1.82) is 0 Å². The van der Waals surface area contributed by atoms with E-state index in [1.165, 1.54) is 19.4 Å². The Bertz CT molecular complexity index is 421. The number of likely N-dealkylation sites (N-methyl/N-ethyl adjacent to an activating group) is 1. The van der Waals surface area contributed by atoms with E-state index in [-0.39, 0.29) is 0 Å². The van der Waals surface area contributed by atoms with Crippen molar-refractivity contribution in [3.05, 3.63) is 29.3 Å². The average molecular weight is 298 g/mol. The molecule has 1 fully saturated rings. The molecule has 0 radical (unpaired) electrons. The van der Waals surface area contributed by atoms with Gasteiger partial charge in [0.05, 0.1) is 0 Å². The number of halogens is 1. The van der Waals surface area contributed by atoms with Crippen LogP contribution in [0.2, 0.25) is 5.02 Å². The van der Waals surface area contributed by atoms with Gasteiger partial charge in [0.2, 0.25) is 0 Å². The van der Waals surface area contributed by atoms with Crippen molar-refractivity contribution in [3.8, 4) is 0 Å². The third kappa shape index (κ3) is 4.34. The number of thiocarbonyl (C=S) groups is 1. The van der Waals surface area contributed by atoms with Crippen LogP contribution in [0, 0.1) is 0 Å². The van der Waals surface area contributed by atoms with Crippen molar-refractivity contribution >= 4 is 34.6 Å². The van der Waals surface area contributed by atoms with E-state index in [1.807, 2.05) is 24.3 Å². The van der Waals surface area contributed by atoms with Crippen molar-refractivity contribution in [1.82, 2.24) is 10.2 Å². The van der Waals surface area contributed by atoms with E-state index in [0.29, 0.717) is 11.2 Å². The third-order valence-corrected chi connectivity index (χ3v) is 4.00. The Morgan fingerprint density at radius 3 is 2.84 bits per heavy atom. The Hall–Kier alpha value is -0.840. The molecule has 0 saturated carbocycles. The minimum Gasteiger partial charge on any atom is -0.361 e. The van der Waals surface area contributed by atoms with E-state index in [2.05, 4.69) is 22.5 Å². The van der Waals surface area contributed by atoms with Crippen molar-refractivity contribution in [2.24, 2.45) is 0 Å². The molecule has 0 amide bonds. The molecule has 0 spiro atoms. The third-order valence-electron chi connectivity index (χ3n) is 3.51. The van der Waals surface area contributed by atoms with Gasteiger partial charge in [-0.25, -0.2) is 0 Å².